The molecule has 0 nitrogen and oxygen atoms in total. The molecule has 22 heavy (non-hydrogen) atoms. The van der Waals surface area contributed by atoms with Gasteiger partial charge in [0.15, 0.2) is 0 Å². The van der Waals surface area contributed by atoms with Gasteiger partial charge in [-0.3, -0.25) is 0 Å². The van der Waals surface area contributed by atoms with Crippen LogP contribution in [0.25, 0.3) is 0 Å². The summed E-state index contributed by atoms with van der Waals surface area (Å²) < 4.78 is 0. The number of hydrogen-bond donors (Lipinski definition) is 0. The van der Waals surface area contributed by atoms with Crippen molar-refractivity contribution in [2.75, 3.05) is 0 Å². The second-order valence-corrected chi connectivity index (χ2v) is 6.32. The van der Waals surface area contributed by atoms with Gasteiger partial charge in [0.05, 0.1) is 0 Å². The second-order valence-electron chi connectivity index (χ2n) is 5.45. The molecule has 0 aliphatic carbocycles. The Morgan fingerprint density at radius 2 is 0.864 bits per heavy atom. The Hall–Kier alpha value is -1.76. The van der Waals surface area contributed by atoms with Crippen molar-refractivity contribution in [1.29, 1.82) is 0 Å². The molecule has 0 aromatic heterocycles. The van der Waals surface area contributed by atoms with Gasteiger partial charge in [-0.2, -0.15) is 0 Å². The van der Waals surface area contributed by atoms with Crippen LogP contribution in [0.1, 0.15) is 28.2 Å². The van der Waals surface area contributed by atoms with Crippen molar-refractivity contribution < 1.29 is 0 Å². The van der Waals surface area contributed by atoms with Crippen molar-refractivity contribution in [3.63, 3.8) is 0 Å². The second kappa shape index (κ2) is 6.56. The van der Waals surface area contributed by atoms with Gasteiger partial charge < -0.3 is 0 Å². The molecular formula is C20H16Cl2. The highest BCUT2D eigenvalue weighted by Gasteiger charge is 2.16. The third-order valence-corrected chi connectivity index (χ3v) is 4.32. The van der Waals surface area contributed by atoms with E-state index in [1.165, 1.54) is 22.3 Å². The van der Waals surface area contributed by atoms with Crippen LogP contribution >= 0.6 is 23.2 Å². The zero-order chi connectivity index (χ0) is 15.5. The predicted octanol–water partition coefficient (Wildman–Crippen LogP) is 6.48. The van der Waals surface area contributed by atoms with Gasteiger partial charge in [-0.1, -0.05) is 77.3 Å². The van der Waals surface area contributed by atoms with E-state index in [0.29, 0.717) is 0 Å². The summed E-state index contributed by atoms with van der Waals surface area (Å²) in [4.78, 5) is 0. The lowest BCUT2D eigenvalue weighted by molar-refractivity contribution is 0.976. The molecule has 0 amide bonds. The van der Waals surface area contributed by atoms with E-state index in [1.54, 1.807) is 0 Å². The van der Waals surface area contributed by atoms with Crippen molar-refractivity contribution >= 4 is 23.2 Å². The highest BCUT2D eigenvalue weighted by Crippen LogP contribution is 2.33. The lowest BCUT2D eigenvalue weighted by Gasteiger charge is -2.19. The van der Waals surface area contributed by atoms with E-state index in [2.05, 4.69) is 55.5 Å². The Morgan fingerprint density at radius 1 is 0.545 bits per heavy atom. The molecule has 0 unspecified atom stereocenters. The monoisotopic (exact) mass is 326 g/mol. The number of halogens is 2. The third kappa shape index (κ3) is 3.35. The molecule has 0 atom stereocenters. The first-order valence-electron chi connectivity index (χ1n) is 7.21. The lowest BCUT2D eigenvalue weighted by Crippen LogP contribution is -2.03. The zero-order valence-corrected chi connectivity index (χ0v) is 13.8. The quantitative estimate of drug-likeness (QED) is 0.483. The van der Waals surface area contributed by atoms with Crippen molar-refractivity contribution in [3.8, 4) is 0 Å². The van der Waals surface area contributed by atoms with Gasteiger partial charge in [-0.25, -0.2) is 0 Å². The van der Waals surface area contributed by atoms with Gasteiger partial charge in [0.25, 0.3) is 0 Å². The van der Waals surface area contributed by atoms with Crippen molar-refractivity contribution in [3.05, 3.63) is 105 Å². The zero-order valence-electron chi connectivity index (χ0n) is 12.3. The normalized spacial score (nSPS) is 10.9. The lowest BCUT2D eigenvalue weighted by atomic mass is 9.85. The standard InChI is InChI=1S/C20H16Cl2/c1-14-2-4-15(5-3-14)20(16-6-10-18(21)11-7-16)17-8-12-19(22)13-9-17/h2-13,20H,1H3. The molecule has 0 bridgehead atoms. The maximum atomic E-state index is 6.03. The topological polar surface area (TPSA) is 0 Å². The minimum absolute atomic E-state index is 0.176. The molecule has 0 radical (unpaired) electrons. The average molecular weight is 327 g/mol. The van der Waals surface area contributed by atoms with E-state index in [9.17, 15) is 0 Å². The van der Waals surface area contributed by atoms with Gasteiger partial charge in [-0.15, -0.1) is 0 Å². The minimum Gasteiger partial charge on any atom is -0.0843 e. The summed E-state index contributed by atoms with van der Waals surface area (Å²) in [6.07, 6.45) is 0. The van der Waals surface area contributed by atoms with Crippen molar-refractivity contribution in [1.82, 2.24) is 0 Å². The third-order valence-electron chi connectivity index (χ3n) is 3.82. The first-order valence-corrected chi connectivity index (χ1v) is 7.96. The summed E-state index contributed by atoms with van der Waals surface area (Å²) in [5.41, 5.74) is 4.95. The van der Waals surface area contributed by atoms with Gasteiger partial charge in [-0.05, 0) is 47.9 Å². The average Bonchev–Trinajstić information content (AvgIpc) is 2.53. The number of aryl methyl sites for hydroxylation is 1. The number of rotatable bonds is 3. The van der Waals surface area contributed by atoms with Gasteiger partial charge in [0.2, 0.25) is 0 Å². The van der Waals surface area contributed by atoms with Gasteiger partial charge >= 0.3 is 0 Å². The Balaban J connectivity index is 2.10. The molecule has 0 aliphatic rings. The van der Waals surface area contributed by atoms with E-state index >= 15 is 0 Å². The molecule has 110 valence electrons. The summed E-state index contributed by atoms with van der Waals surface area (Å²) >= 11 is 12.1. The molecule has 0 fully saturated rings. The Bertz CT molecular complexity index is 633. The number of hydrogen-bond acceptors (Lipinski definition) is 0. The van der Waals surface area contributed by atoms with E-state index in [0.717, 1.165) is 10.0 Å². The van der Waals surface area contributed by atoms with E-state index in [4.69, 9.17) is 23.2 Å². The molecule has 3 aromatic carbocycles. The Labute approximate surface area is 141 Å². The first kappa shape index (κ1) is 15.1. The molecule has 0 spiro atoms. The highest BCUT2D eigenvalue weighted by molar-refractivity contribution is 6.30. The SMILES string of the molecule is Cc1ccc(C(c2ccc(Cl)cc2)c2ccc(Cl)cc2)cc1. The van der Waals surface area contributed by atoms with Crippen molar-refractivity contribution in [2.24, 2.45) is 0 Å². The maximum absolute atomic E-state index is 6.03. The predicted molar refractivity (Wildman–Crippen MR) is 95.0 cm³/mol. The Kier molecular flexibility index (Phi) is 4.52. The Morgan fingerprint density at radius 3 is 1.23 bits per heavy atom. The van der Waals surface area contributed by atoms with Crippen LogP contribution < -0.4 is 0 Å². The summed E-state index contributed by atoms with van der Waals surface area (Å²) in [7, 11) is 0. The first-order chi connectivity index (χ1) is 10.6. The van der Waals surface area contributed by atoms with E-state index < -0.39 is 0 Å². The van der Waals surface area contributed by atoms with Crippen LogP contribution in [0.2, 0.25) is 10.0 Å². The molecule has 0 saturated carbocycles. The summed E-state index contributed by atoms with van der Waals surface area (Å²) in [5, 5.41) is 1.50. The van der Waals surface area contributed by atoms with Crippen LogP contribution in [0.3, 0.4) is 0 Å². The fraction of sp³-hybridized carbons (Fsp3) is 0.100. The van der Waals surface area contributed by atoms with Crippen LogP contribution in [0.15, 0.2) is 72.8 Å². The van der Waals surface area contributed by atoms with Gasteiger partial charge in [0, 0.05) is 16.0 Å². The molecular weight excluding hydrogens is 311 g/mol. The molecule has 0 aliphatic heterocycles. The van der Waals surface area contributed by atoms with E-state index in [-0.39, 0.29) is 5.92 Å². The van der Waals surface area contributed by atoms with Crippen LogP contribution in [-0.4, -0.2) is 0 Å². The smallest absolute Gasteiger partial charge is 0.0406 e. The fourth-order valence-corrected chi connectivity index (χ4v) is 2.90. The number of benzene rings is 3. The fourth-order valence-electron chi connectivity index (χ4n) is 2.65. The molecule has 2 heteroatoms. The van der Waals surface area contributed by atoms with Crippen LogP contribution in [0.5, 0.6) is 0 Å². The molecule has 3 aromatic rings. The van der Waals surface area contributed by atoms with Gasteiger partial charge in [0.1, 0.15) is 0 Å². The van der Waals surface area contributed by atoms with Crippen LogP contribution in [-0.2, 0) is 0 Å². The van der Waals surface area contributed by atoms with Crippen LogP contribution in [0.4, 0.5) is 0 Å². The highest BCUT2D eigenvalue weighted by atomic mass is 35.5. The van der Waals surface area contributed by atoms with Crippen LogP contribution in [0, 0.1) is 6.92 Å². The molecule has 0 heterocycles. The summed E-state index contributed by atoms with van der Waals surface area (Å²) in [5.74, 6) is 0.176. The minimum atomic E-state index is 0.176. The molecule has 3 rings (SSSR count). The van der Waals surface area contributed by atoms with Crippen molar-refractivity contribution in [2.45, 2.75) is 12.8 Å². The summed E-state index contributed by atoms with van der Waals surface area (Å²) in [6, 6.07) is 24.8. The van der Waals surface area contributed by atoms with E-state index in [1.807, 2.05) is 24.3 Å². The maximum Gasteiger partial charge on any atom is 0.0406 e. The largest absolute Gasteiger partial charge is 0.0843 e. The molecule has 0 N–H and O–H groups in total. The summed E-state index contributed by atoms with van der Waals surface area (Å²) in [6.45, 7) is 2.10. The molecule has 0 saturated heterocycles.